The largest absolute Gasteiger partial charge is 0.469 e. The molecule has 0 aromatic heterocycles. The van der Waals surface area contributed by atoms with Crippen molar-refractivity contribution < 1.29 is 28.7 Å². The lowest BCUT2D eigenvalue weighted by Crippen LogP contribution is -2.51. The van der Waals surface area contributed by atoms with Crippen LogP contribution in [0.5, 0.6) is 0 Å². The van der Waals surface area contributed by atoms with Crippen molar-refractivity contribution in [2.45, 2.75) is 44.3 Å². The summed E-state index contributed by atoms with van der Waals surface area (Å²) in [5, 5.41) is 5.29. The van der Waals surface area contributed by atoms with Crippen LogP contribution in [0.2, 0.25) is 0 Å². The van der Waals surface area contributed by atoms with Crippen LogP contribution in [0.4, 0.5) is 0 Å². The first-order chi connectivity index (χ1) is 13.8. The van der Waals surface area contributed by atoms with Gasteiger partial charge >= 0.3 is 11.9 Å². The number of rotatable bonds is 11. The highest BCUT2D eigenvalue weighted by atomic mass is 127. The van der Waals surface area contributed by atoms with E-state index in [1.54, 1.807) is 0 Å². The number of amides is 2. The van der Waals surface area contributed by atoms with Crippen LogP contribution in [-0.4, -0.2) is 50.1 Å². The fraction of sp³-hybridized carbons (Fsp3) is 0.474. The second kappa shape index (κ2) is 13.1. The van der Waals surface area contributed by atoms with Crippen molar-refractivity contribution >= 4 is 46.3 Å². The monoisotopic (exact) mass is 519 g/mol. The predicted octanol–water partition coefficient (Wildman–Crippen LogP) is 0.626. The lowest BCUT2D eigenvalue weighted by atomic mass is 10.1. The van der Waals surface area contributed by atoms with Gasteiger partial charge in [0.1, 0.15) is 6.04 Å². The fourth-order valence-corrected chi connectivity index (χ4v) is 2.69. The van der Waals surface area contributed by atoms with Crippen LogP contribution in [0.1, 0.15) is 31.2 Å². The number of nitrogens with one attached hydrogen (secondary N) is 2. The van der Waals surface area contributed by atoms with Gasteiger partial charge in [0.05, 0.1) is 20.3 Å². The van der Waals surface area contributed by atoms with Gasteiger partial charge in [-0.25, -0.2) is 0 Å². The van der Waals surface area contributed by atoms with E-state index in [1.807, 2.05) is 24.3 Å². The number of benzene rings is 1. The third kappa shape index (κ3) is 9.70. The van der Waals surface area contributed by atoms with Crippen LogP contribution in [0.15, 0.2) is 24.3 Å². The third-order valence-electron chi connectivity index (χ3n) is 4.10. The zero-order valence-electron chi connectivity index (χ0n) is 16.4. The quantitative estimate of drug-likeness (QED) is 0.288. The van der Waals surface area contributed by atoms with Gasteiger partial charge in [-0.15, -0.1) is 0 Å². The van der Waals surface area contributed by atoms with Gasteiger partial charge in [-0.1, -0.05) is 12.1 Å². The molecule has 0 bridgehead atoms. The highest BCUT2D eigenvalue weighted by molar-refractivity contribution is 14.1. The average molecular weight is 519 g/mol. The molecular formula is C19H26IN3O6. The minimum absolute atomic E-state index is 0.0169. The van der Waals surface area contributed by atoms with E-state index in [2.05, 4.69) is 42.7 Å². The maximum absolute atomic E-state index is 12.6. The highest BCUT2D eigenvalue weighted by Crippen LogP contribution is 2.07. The van der Waals surface area contributed by atoms with Crippen LogP contribution in [-0.2, 0) is 35.2 Å². The Hall–Kier alpha value is -2.21. The molecule has 2 amide bonds. The van der Waals surface area contributed by atoms with Crippen molar-refractivity contribution in [1.29, 1.82) is 0 Å². The topological polar surface area (TPSA) is 137 Å². The molecule has 1 rings (SSSR count). The van der Waals surface area contributed by atoms with Gasteiger partial charge in [-0.3, -0.25) is 19.2 Å². The standard InChI is InChI=1S/C19H26IN3O6/c1-28-16(24)9-7-14(21)18(26)23-15(8-10-17(25)29-2)19(27)22-11-12-3-5-13(20)6-4-12/h3-6,14-15H,7-11,21H2,1-2H3,(H,22,27)(H,23,26)/t14?,15-/m0/s1. The van der Waals surface area contributed by atoms with E-state index < -0.39 is 35.8 Å². The predicted molar refractivity (Wildman–Crippen MR) is 113 cm³/mol. The molecule has 2 atom stereocenters. The molecule has 0 radical (unpaired) electrons. The molecule has 160 valence electrons. The van der Waals surface area contributed by atoms with Gasteiger partial charge in [0.25, 0.3) is 0 Å². The minimum atomic E-state index is -0.987. The summed E-state index contributed by atoms with van der Waals surface area (Å²) in [7, 11) is 2.49. The number of nitrogens with two attached hydrogens (primary N) is 1. The van der Waals surface area contributed by atoms with E-state index in [4.69, 9.17) is 5.73 Å². The van der Waals surface area contributed by atoms with Crippen LogP contribution < -0.4 is 16.4 Å². The molecule has 0 aliphatic heterocycles. The van der Waals surface area contributed by atoms with Gasteiger partial charge in [-0.2, -0.15) is 0 Å². The van der Waals surface area contributed by atoms with Crippen LogP contribution in [0.25, 0.3) is 0 Å². The van der Waals surface area contributed by atoms with E-state index in [1.165, 1.54) is 14.2 Å². The number of hydrogen-bond donors (Lipinski definition) is 3. The van der Waals surface area contributed by atoms with Crippen molar-refractivity contribution in [2.75, 3.05) is 14.2 Å². The van der Waals surface area contributed by atoms with Crippen LogP contribution >= 0.6 is 22.6 Å². The van der Waals surface area contributed by atoms with Gasteiger partial charge < -0.3 is 25.8 Å². The Morgan fingerprint density at radius 2 is 1.52 bits per heavy atom. The Bertz CT molecular complexity index is 710. The second-order valence-electron chi connectivity index (χ2n) is 6.24. The molecule has 0 heterocycles. The van der Waals surface area contributed by atoms with Crippen molar-refractivity contribution in [3.63, 3.8) is 0 Å². The molecule has 0 saturated heterocycles. The summed E-state index contributed by atoms with van der Waals surface area (Å²) in [6.45, 7) is 0.273. The fourth-order valence-electron chi connectivity index (χ4n) is 2.33. The third-order valence-corrected chi connectivity index (χ3v) is 4.82. The molecule has 1 aromatic rings. The molecule has 29 heavy (non-hydrogen) atoms. The van der Waals surface area contributed by atoms with Crippen LogP contribution in [0, 0.1) is 3.57 Å². The van der Waals surface area contributed by atoms with Gasteiger partial charge in [0.15, 0.2) is 0 Å². The molecule has 0 fully saturated rings. The molecule has 1 unspecified atom stereocenters. The number of carbonyl (C=O) groups is 4. The summed E-state index contributed by atoms with van der Waals surface area (Å²) in [5.74, 6) is -2.01. The SMILES string of the molecule is COC(=O)CCC(N)C(=O)N[C@@H](CCC(=O)OC)C(=O)NCc1ccc(I)cc1. The lowest BCUT2D eigenvalue weighted by Gasteiger charge is -2.20. The summed E-state index contributed by atoms with van der Waals surface area (Å²) in [6.07, 6.45) is 0.0693. The maximum atomic E-state index is 12.6. The number of methoxy groups -OCH3 is 2. The summed E-state index contributed by atoms with van der Waals surface area (Å²) in [6, 6.07) is 5.64. The lowest BCUT2D eigenvalue weighted by molar-refractivity contribution is -0.142. The molecule has 4 N–H and O–H groups in total. The molecule has 0 spiro atoms. The molecule has 1 aromatic carbocycles. The van der Waals surface area contributed by atoms with E-state index in [9.17, 15) is 19.2 Å². The zero-order valence-corrected chi connectivity index (χ0v) is 18.6. The van der Waals surface area contributed by atoms with Gasteiger partial charge in [-0.05, 0) is 53.1 Å². The first-order valence-electron chi connectivity index (χ1n) is 8.98. The molecule has 0 aliphatic carbocycles. The summed E-state index contributed by atoms with van der Waals surface area (Å²) >= 11 is 2.18. The van der Waals surface area contributed by atoms with E-state index in [-0.39, 0.29) is 32.2 Å². The average Bonchev–Trinajstić information content (AvgIpc) is 2.73. The Morgan fingerprint density at radius 1 is 0.966 bits per heavy atom. The zero-order chi connectivity index (χ0) is 21.8. The summed E-state index contributed by atoms with van der Waals surface area (Å²) in [5.41, 5.74) is 6.68. The molecule has 10 heteroatoms. The number of halogens is 1. The first-order valence-corrected chi connectivity index (χ1v) is 10.1. The number of ether oxygens (including phenoxy) is 2. The highest BCUT2D eigenvalue weighted by Gasteiger charge is 2.25. The maximum Gasteiger partial charge on any atom is 0.305 e. The normalized spacial score (nSPS) is 12.4. The Balaban J connectivity index is 2.68. The smallest absolute Gasteiger partial charge is 0.305 e. The molecule has 0 aliphatic rings. The van der Waals surface area contributed by atoms with Gasteiger partial charge in [0.2, 0.25) is 11.8 Å². The minimum Gasteiger partial charge on any atom is -0.469 e. The second-order valence-corrected chi connectivity index (χ2v) is 7.49. The number of esters is 2. The van der Waals surface area contributed by atoms with Crippen molar-refractivity contribution in [3.8, 4) is 0 Å². The van der Waals surface area contributed by atoms with Crippen LogP contribution in [0.3, 0.4) is 0 Å². The summed E-state index contributed by atoms with van der Waals surface area (Å²) < 4.78 is 10.2. The molecule has 0 saturated carbocycles. The van der Waals surface area contributed by atoms with Gasteiger partial charge in [0, 0.05) is 23.0 Å². The van der Waals surface area contributed by atoms with Crippen molar-refractivity contribution in [3.05, 3.63) is 33.4 Å². The van der Waals surface area contributed by atoms with E-state index in [0.29, 0.717) is 0 Å². The number of carbonyl (C=O) groups excluding carboxylic acids is 4. The molecule has 9 nitrogen and oxygen atoms in total. The Morgan fingerprint density at radius 3 is 2.07 bits per heavy atom. The Kier molecular flexibility index (Phi) is 11.2. The number of hydrogen-bond acceptors (Lipinski definition) is 7. The molecular weight excluding hydrogens is 493 g/mol. The Labute approximate surface area is 183 Å². The first kappa shape index (κ1) is 24.8. The van der Waals surface area contributed by atoms with Crippen molar-refractivity contribution in [1.82, 2.24) is 10.6 Å². The van der Waals surface area contributed by atoms with E-state index in [0.717, 1.165) is 9.13 Å². The van der Waals surface area contributed by atoms with Crippen molar-refractivity contribution in [2.24, 2.45) is 5.73 Å². The summed E-state index contributed by atoms with van der Waals surface area (Å²) in [4.78, 5) is 47.5. The van der Waals surface area contributed by atoms with E-state index >= 15 is 0 Å².